The Hall–Kier alpha value is -4.76. The molecule has 10 nitrogen and oxygen atoms in total. The molecule has 3 aromatic carbocycles. The Kier molecular flexibility index (Phi) is 6.55. The van der Waals surface area contributed by atoms with Crippen LogP contribution in [0.5, 0.6) is 0 Å². The maximum absolute atomic E-state index is 15.2. The standard InChI is InChI=1S/C25H18F4N6O4S/c1-31-40(37,38)21-5-3-2-4-16(21)15-8-6-13(10-18(15)26)32-24(36)19-12-22(25(27,28)29)33-35(19)14-7-9-20-17(11-14)23(30)34-39-20/h2-12,31H,1H3,(H2,30,34)(H,32,36). The average Bonchev–Trinajstić information content (AvgIpc) is 3.53. The van der Waals surface area contributed by atoms with E-state index in [0.29, 0.717) is 11.5 Å². The van der Waals surface area contributed by atoms with Crippen molar-refractivity contribution in [1.29, 1.82) is 0 Å². The minimum Gasteiger partial charge on any atom is -0.380 e. The minimum atomic E-state index is -4.87. The number of carbonyl (C=O) groups is 1. The largest absolute Gasteiger partial charge is 0.435 e. The van der Waals surface area contributed by atoms with E-state index in [1.807, 2.05) is 0 Å². The minimum absolute atomic E-state index is 0.00860. The van der Waals surface area contributed by atoms with E-state index in [-0.39, 0.29) is 38.8 Å². The van der Waals surface area contributed by atoms with E-state index in [0.717, 1.165) is 10.7 Å². The number of nitrogen functional groups attached to an aromatic ring is 1. The monoisotopic (exact) mass is 574 g/mol. The van der Waals surface area contributed by atoms with Crippen LogP contribution in [0.3, 0.4) is 0 Å². The maximum atomic E-state index is 15.2. The first kappa shape index (κ1) is 26.8. The number of aromatic nitrogens is 3. The highest BCUT2D eigenvalue weighted by atomic mass is 32.2. The zero-order chi connectivity index (χ0) is 28.8. The second kappa shape index (κ2) is 9.77. The normalized spacial score (nSPS) is 12.1. The third kappa shape index (κ3) is 4.87. The SMILES string of the molecule is CNS(=O)(=O)c1ccccc1-c1ccc(NC(=O)c2cc(C(F)(F)F)nn2-c2ccc3onc(N)c3c2)cc1F. The fraction of sp³-hybridized carbons (Fsp3) is 0.0800. The number of amides is 1. The van der Waals surface area contributed by atoms with Crippen LogP contribution in [0.15, 0.2) is 76.1 Å². The molecule has 0 aliphatic carbocycles. The number of hydrogen-bond acceptors (Lipinski definition) is 7. The van der Waals surface area contributed by atoms with Gasteiger partial charge in [-0.3, -0.25) is 4.79 Å². The van der Waals surface area contributed by atoms with E-state index in [9.17, 15) is 26.4 Å². The molecule has 0 atom stereocenters. The molecular formula is C25H18F4N6O4S. The van der Waals surface area contributed by atoms with Crippen LogP contribution in [0.4, 0.5) is 29.1 Å². The van der Waals surface area contributed by atoms with Crippen molar-refractivity contribution in [3.63, 3.8) is 0 Å². The third-order valence-corrected chi connectivity index (χ3v) is 7.39. The summed E-state index contributed by atoms with van der Waals surface area (Å²) in [6.45, 7) is 0. The lowest BCUT2D eigenvalue weighted by Gasteiger charge is -2.12. The van der Waals surface area contributed by atoms with Gasteiger partial charge in [-0.05, 0) is 49.5 Å². The van der Waals surface area contributed by atoms with Gasteiger partial charge in [0, 0.05) is 22.9 Å². The van der Waals surface area contributed by atoms with Crippen molar-refractivity contribution in [2.75, 3.05) is 18.1 Å². The zero-order valence-corrected chi connectivity index (χ0v) is 21.1. The molecule has 0 unspecified atom stereocenters. The van der Waals surface area contributed by atoms with Crippen molar-refractivity contribution in [2.45, 2.75) is 11.1 Å². The second-order valence-corrected chi connectivity index (χ2v) is 10.3. The number of anilines is 2. The van der Waals surface area contributed by atoms with Crippen molar-refractivity contribution in [2.24, 2.45) is 0 Å². The molecule has 40 heavy (non-hydrogen) atoms. The molecule has 0 saturated carbocycles. The molecule has 5 rings (SSSR count). The summed E-state index contributed by atoms with van der Waals surface area (Å²) in [4.78, 5) is 13.0. The van der Waals surface area contributed by atoms with Crippen molar-refractivity contribution < 1.29 is 35.3 Å². The van der Waals surface area contributed by atoms with Gasteiger partial charge in [0.05, 0.1) is 16.0 Å². The molecule has 0 saturated heterocycles. The van der Waals surface area contributed by atoms with Crippen molar-refractivity contribution in [1.82, 2.24) is 19.7 Å². The number of nitrogens with one attached hydrogen (secondary N) is 2. The number of nitrogens with two attached hydrogens (primary N) is 1. The Labute approximate surface area is 223 Å². The highest BCUT2D eigenvalue weighted by molar-refractivity contribution is 7.89. The van der Waals surface area contributed by atoms with E-state index in [2.05, 4.69) is 20.3 Å². The van der Waals surface area contributed by atoms with Gasteiger partial charge in [-0.25, -0.2) is 22.2 Å². The summed E-state index contributed by atoms with van der Waals surface area (Å²) >= 11 is 0. The first-order valence-corrected chi connectivity index (χ1v) is 12.8. The van der Waals surface area contributed by atoms with Gasteiger partial charge in [-0.1, -0.05) is 23.4 Å². The maximum Gasteiger partial charge on any atom is 0.435 e. The van der Waals surface area contributed by atoms with Gasteiger partial charge >= 0.3 is 6.18 Å². The predicted octanol–water partition coefficient (Wildman–Crippen LogP) is 4.58. The molecule has 2 heterocycles. The zero-order valence-electron chi connectivity index (χ0n) is 20.3. The van der Waals surface area contributed by atoms with E-state index in [4.69, 9.17) is 10.3 Å². The number of benzene rings is 3. The number of hydrogen-bond donors (Lipinski definition) is 3. The van der Waals surface area contributed by atoms with Crippen LogP contribution in [0.25, 0.3) is 27.8 Å². The summed E-state index contributed by atoms with van der Waals surface area (Å²) in [6, 6.07) is 13.9. The molecule has 0 aliphatic heterocycles. The second-order valence-electron chi connectivity index (χ2n) is 8.43. The first-order chi connectivity index (χ1) is 18.9. The molecule has 15 heteroatoms. The van der Waals surface area contributed by atoms with Crippen LogP contribution in [-0.2, 0) is 16.2 Å². The Morgan fingerprint density at radius 2 is 1.77 bits per heavy atom. The molecule has 0 bridgehead atoms. The molecule has 0 aliphatic rings. The number of fused-ring (bicyclic) bond motifs is 1. The van der Waals surface area contributed by atoms with E-state index < -0.39 is 39.3 Å². The Balaban J connectivity index is 1.51. The van der Waals surface area contributed by atoms with E-state index >= 15 is 4.39 Å². The van der Waals surface area contributed by atoms with Crippen LogP contribution in [0.1, 0.15) is 16.2 Å². The van der Waals surface area contributed by atoms with Crippen molar-refractivity contribution in [3.05, 3.63) is 83.9 Å². The van der Waals surface area contributed by atoms with Crippen molar-refractivity contribution in [3.8, 4) is 16.8 Å². The Morgan fingerprint density at radius 3 is 2.48 bits per heavy atom. The van der Waals surface area contributed by atoms with E-state index in [1.165, 1.54) is 61.6 Å². The molecule has 206 valence electrons. The Bertz CT molecular complexity index is 1880. The smallest absolute Gasteiger partial charge is 0.380 e. The van der Waals surface area contributed by atoms with Crippen LogP contribution in [0, 0.1) is 5.82 Å². The van der Waals surface area contributed by atoms with Gasteiger partial charge in [0.15, 0.2) is 17.1 Å². The number of alkyl halides is 3. The number of rotatable bonds is 6. The fourth-order valence-corrected chi connectivity index (χ4v) is 4.94. The summed E-state index contributed by atoms with van der Waals surface area (Å²) in [5.41, 5.74) is 4.14. The average molecular weight is 575 g/mol. The summed E-state index contributed by atoms with van der Waals surface area (Å²) in [5.74, 6) is -1.91. The van der Waals surface area contributed by atoms with Gasteiger partial charge in [0.1, 0.15) is 11.5 Å². The van der Waals surface area contributed by atoms with Gasteiger partial charge in [-0.2, -0.15) is 18.3 Å². The summed E-state index contributed by atoms with van der Waals surface area (Å²) in [7, 11) is -2.70. The number of halogens is 4. The summed E-state index contributed by atoms with van der Waals surface area (Å²) < 4.78 is 88.4. The highest BCUT2D eigenvalue weighted by Crippen LogP contribution is 2.33. The van der Waals surface area contributed by atoms with Gasteiger partial charge in [0.2, 0.25) is 10.0 Å². The van der Waals surface area contributed by atoms with Crippen LogP contribution >= 0.6 is 0 Å². The topological polar surface area (TPSA) is 145 Å². The number of carbonyl (C=O) groups excluding carboxylic acids is 1. The first-order valence-electron chi connectivity index (χ1n) is 11.4. The lowest BCUT2D eigenvalue weighted by atomic mass is 10.0. The van der Waals surface area contributed by atoms with Crippen LogP contribution in [0.2, 0.25) is 0 Å². The molecular weight excluding hydrogens is 556 g/mol. The van der Waals surface area contributed by atoms with Crippen molar-refractivity contribution >= 4 is 38.4 Å². The molecule has 4 N–H and O–H groups in total. The van der Waals surface area contributed by atoms with Gasteiger partial charge in [0.25, 0.3) is 5.91 Å². The number of sulfonamides is 1. The molecule has 1 amide bonds. The highest BCUT2D eigenvalue weighted by Gasteiger charge is 2.36. The van der Waals surface area contributed by atoms with Crippen LogP contribution < -0.4 is 15.8 Å². The molecule has 0 fully saturated rings. The number of nitrogens with zero attached hydrogens (tertiary/aromatic N) is 3. The Morgan fingerprint density at radius 1 is 1.02 bits per heavy atom. The van der Waals surface area contributed by atoms with Crippen LogP contribution in [-0.4, -0.2) is 36.3 Å². The molecule has 2 aromatic heterocycles. The summed E-state index contributed by atoms with van der Waals surface area (Å²) in [6.07, 6.45) is -4.87. The summed E-state index contributed by atoms with van der Waals surface area (Å²) in [5, 5.41) is 9.80. The molecule has 5 aromatic rings. The predicted molar refractivity (Wildman–Crippen MR) is 137 cm³/mol. The lowest BCUT2D eigenvalue weighted by molar-refractivity contribution is -0.141. The lowest BCUT2D eigenvalue weighted by Crippen LogP contribution is -2.19. The quantitative estimate of drug-likeness (QED) is 0.252. The molecule has 0 radical (unpaired) electrons. The molecule has 0 spiro atoms. The van der Waals surface area contributed by atoms with Gasteiger partial charge in [-0.15, -0.1) is 0 Å². The fourth-order valence-electron chi connectivity index (χ4n) is 4.00. The van der Waals surface area contributed by atoms with E-state index in [1.54, 1.807) is 0 Å². The van der Waals surface area contributed by atoms with Gasteiger partial charge < -0.3 is 15.6 Å². The third-order valence-electron chi connectivity index (χ3n) is 5.92.